The van der Waals surface area contributed by atoms with E-state index in [2.05, 4.69) is 33.6 Å². The smallest absolute Gasteiger partial charge is 0.251 e. The van der Waals surface area contributed by atoms with E-state index in [1.807, 2.05) is 6.92 Å². The molecule has 9 nitrogen and oxygen atoms in total. The molecule has 2 aliphatic heterocycles. The molecular formula is C23H26N6O3. The van der Waals surface area contributed by atoms with Crippen molar-refractivity contribution in [2.24, 2.45) is 10.8 Å². The van der Waals surface area contributed by atoms with Crippen LogP contribution in [0, 0.1) is 22.2 Å². The van der Waals surface area contributed by atoms with E-state index in [1.165, 1.54) is 0 Å². The van der Waals surface area contributed by atoms with Crippen LogP contribution >= 0.6 is 0 Å². The lowest BCUT2D eigenvalue weighted by molar-refractivity contribution is -0.123. The Morgan fingerprint density at radius 2 is 2.03 bits per heavy atom. The van der Waals surface area contributed by atoms with Gasteiger partial charge < -0.3 is 15.4 Å². The van der Waals surface area contributed by atoms with Gasteiger partial charge in [-0.25, -0.2) is 4.98 Å². The van der Waals surface area contributed by atoms with Crippen molar-refractivity contribution in [3.8, 4) is 6.07 Å². The Balaban J connectivity index is 1.40. The van der Waals surface area contributed by atoms with E-state index < -0.39 is 5.41 Å². The van der Waals surface area contributed by atoms with E-state index >= 15 is 0 Å². The van der Waals surface area contributed by atoms with Crippen LogP contribution in [0.3, 0.4) is 0 Å². The second-order valence-electron chi connectivity index (χ2n) is 8.68. The van der Waals surface area contributed by atoms with Crippen LogP contribution in [0.15, 0.2) is 36.5 Å². The van der Waals surface area contributed by atoms with Gasteiger partial charge in [0.1, 0.15) is 11.2 Å². The van der Waals surface area contributed by atoms with Crippen molar-refractivity contribution < 1.29 is 14.3 Å². The molecule has 32 heavy (non-hydrogen) atoms. The third-order valence-corrected chi connectivity index (χ3v) is 6.13. The standard InChI is InChI=1S/C23H26N6O3/c1-3-23(12-24)9-11-29(20(23)31)18-8-10-25-21(28-18)27-17-6-4-16(5-7-17)19(30)26-13-22(2)14-32-15-22/h4-8,10H,3,9,11,13-15H2,1-2H3,(H,26,30)(H,25,27,28)/t23-/m1/s1. The minimum Gasteiger partial charge on any atom is -0.380 e. The first-order valence-corrected chi connectivity index (χ1v) is 10.7. The average Bonchev–Trinajstić information content (AvgIpc) is 3.13. The molecule has 2 aromatic rings. The molecule has 0 aliphatic carbocycles. The summed E-state index contributed by atoms with van der Waals surface area (Å²) < 4.78 is 5.21. The van der Waals surface area contributed by atoms with Crippen LogP contribution in [0.2, 0.25) is 0 Å². The fraction of sp³-hybridized carbons (Fsp3) is 0.435. The summed E-state index contributed by atoms with van der Waals surface area (Å²) in [5, 5.41) is 15.5. The molecule has 0 radical (unpaired) electrons. The molecule has 0 unspecified atom stereocenters. The highest BCUT2D eigenvalue weighted by atomic mass is 16.5. The summed E-state index contributed by atoms with van der Waals surface area (Å²) in [4.78, 5) is 35.4. The summed E-state index contributed by atoms with van der Waals surface area (Å²) in [6, 6.07) is 10.9. The Bertz CT molecular complexity index is 1060. The maximum absolute atomic E-state index is 12.8. The lowest BCUT2D eigenvalue weighted by Gasteiger charge is -2.38. The summed E-state index contributed by atoms with van der Waals surface area (Å²) in [6.45, 7) is 6.28. The van der Waals surface area contributed by atoms with Crippen molar-refractivity contribution in [1.29, 1.82) is 5.26 Å². The minimum atomic E-state index is -0.974. The Hall–Kier alpha value is -3.51. The molecule has 2 fully saturated rings. The molecular weight excluding hydrogens is 408 g/mol. The number of ether oxygens (including phenoxy) is 1. The lowest BCUT2D eigenvalue weighted by Crippen LogP contribution is -2.48. The predicted octanol–water partition coefficient (Wildman–Crippen LogP) is 2.64. The first kappa shape index (κ1) is 21.7. The highest BCUT2D eigenvalue weighted by Crippen LogP contribution is 2.36. The van der Waals surface area contributed by atoms with Crippen LogP contribution in [0.1, 0.15) is 37.0 Å². The maximum atomic E-state index is 12.8. The molecule has 2 amide bonds. The summed E-state index contributed by atoms with van der Waals surface area (Å²) in [6.07, 6.45) is 2.53. The number of hydrogen-bond acceptors (Lipinski definition) is 7. The van der Waals surface area contributed by atoms with Crippen molar-refractivity contribution in [1.82, 2.24) is 15.3 Å². The zero-order valence-corrected chi connectivity index (χ0v) is 18.2. The molecule has 166 valence electrons. The van der Waals surface area contributed by atoms with Crippen molar-refractivity contribution in [2.45, 2.75) is 26.7 Å². The van der Waals surface area contributed by atoms with Gasteiger partial charge in [-0.3, -0.25) is 14.5 Å². The van der Waals surface area contributed by atoms with Gasteiger partial charge in [0.15, 0.2) is 0 Å². The molecule has 1 aromatic carbocycles. The van der Waals surface area contributed by atoms with Crippen LogP contribution in [0.4, 0.5) is 17.5 Å². The number of amides is 2. The number of nitrogens with one attached hydrogen (secondary N) is 2. The van der Waals surface area contributed by atoms with Crippen molar-refractivity contribution >= 4 is 29.3 Å². The summed E-state index contributed by atoms with van der Waals surface area (Å²) in [7, 11) is 0. The molecule has 2 N–H and O–H groups in total. The first-order chi connectivity index (χ1) is 15.4. The summed E-state index contributed by atoms with van der Waals surface area (Å²) in [5.74, 6) is 0.441. The van der Waals surface area contributed by atoms with Gasteiger partial charge in [-0.1, -0.05) is 13.8 Å². The van der Waals surface area contributed by atoms with Gasteiger partial charge in [0.25, 0.3) is 5.91 Å². The average molecular weight is 435 g/mol. The molecule has 9 heteroatoms. The zero-order valence-electron chi connectivity index (χ0n) is 18.2. The molecule has 0 spiro atoms. The molecule has 0 bridgehead atoms. The second-order valence-corrected chi connectivity index (χ2v) is 8.68. The van der Waals surface area contributed by atoms with Gasteiger partial charge in [-0.15, -0.1) is 0 Å². The van der Waals surface area contributed by atoms with Gasteiger partial charge in [-0.2, -0.15) is 10.2 Å². The van der Waals surface area contributed by atoms with Gasteiger partial charge >= 0.3 is 0 Å². The van der Waals surface area contributed by atoms with Gasteiger partial charge in [-0.05, 0) is 43.2 Å². The highest BCUT2D eigenvalue weighted by Gasteiger charge is 2.46. The topological polar surface area (TPSA) is 120 Å². The van der Waals surface area contributed by atoms with Crippen LogP contribution in [0.25, 0.3) is 0 Å². The number of carbonyl (C=O) groups excluding carboxylic acids is 2. The van der Waals surface area contributed by atoms with E-state index in [1.54, 1.807) is 41.4 Å². The Kier molecular flexibility index (Phi) is 5.80. The largest absolute Gasteiger partial charge is 0.380 e. The third-order valence-electron chi connectivity index (χ3n) is 6.13. The molecule has 1 aromatic heterocycles. The number of nitriles is 1. The Labute approximate surface area is 186 Å². The second kappa shape index (κ2) is 8.55. The van der Waals surface area contributed by atoms with Crippen LogP contribution in [-0.2, 0) is 9.53 Å². The number of carbonyl (C=O) groups is 2. The van der Waals surface area contributed by atoms with Gasteiger partial charge in [0.05, 0.1) is 19.3 Å². The normalized spacial score (nSPS) is 21.5. The Morgan fingerprint density at radius 1 is 1.28 bits per heavy atom. The van der Waals surface area contributed by atoms with E-state index in [0.29, 0.717) is 62.2 Å². The lowest BCUT2D eigenvalue weighted by atomic mass is 9.85. The number of anilines is 3. The minimum absolute atomic E-state index is 0.0142. The molecule has 1 atom stereocenters. The van der Waals surface area contributed by atoms with E-state index in [0.717, 1.165) is 0 Å². The third kappa shape index (κ3) is 4.14. The fourth-order valence-corrected chi connectivity index (χ4v) is 3.84. The van der Waals surface area contributed by atoms with Crippen LogP contribution < -0.4 is 15.5 Å². The summed E-state index contributed by atoms with van der Waals surface area (Å²) in [5.41, 5.74) is 0.313. The van der Waals surface area contributed by atoms with E-state index in [9.17, 15) is 14.9 Å². The Morgan fingerprint density at radius 3 is 2.62 bits per heavy atom. The van der Waals surface area contributed by atoms with E-state index in [-0.39, 0.29) is 17.2 Å². The van der Waals surface area contributed by atoms with Gasteiger partial charge in [0.2, 0.25) is 11.9 Å². The SMILES string of the molecule is CC[C@]1(C#N)CCN(c2ccnc(Nc3ccc(C(=O)NCC4(C)COC4)cc3)n2)C1=O. The van der Waals surface area contributed by atoms with Crippen molar-refractivity contribution in [3.63, 3.8) is 0 Å². The molecule has 2 aliphatic rings. The van der Waals surface area contributed by atoms with Crippen molar-refractivity contribution in [2.75, 3.05) is 36.5 Å². The quantitative estimate of drug-likeness (QED) is 0.687. The van der Waals surface area contributed by atoms with E-state index in [4.69, 9.17) is 4.74 Å². The van der Waals surface area contributed by atoms with Crippen LogP contribution in [0.5, 0.6) is 0 Å². The number of rotatable bonds is 7. The maximum Gasteiger partial charge on any atom is 0.251 e. The monoisotopic (exact) mass is 434 g/mol. The zero-order chi connectivity index (χ0) is 22.8. The number of hydrogen-bond donors (Lipinski definition) is 2. The molecule has 3 heterocycles. The highest BCUT2D eigenvalue weighted by molar-refractivity contribution is 6.01. The first-order valence-electron chi connectivity index (χ1n) is 10.7. The molecule has 0 saturated carbocycles. The number of aromatic nitrogens is 2. The molecule has 4 rings (SSSR count). The molecule has 2 saturated heterocycles. The number of nitrogens with zero attached hydrogens (tertiary/aromatic N) is 4. The predicted molar refractivity (Wildman–Crippen MR) is 118 cm³/mol. The summed E-state index contributed by atoms with van der Waals surface area (Å²) >= 11 is 0. The van der Waals surface area contributed by atoms with Crippen molar-refractivity contribution in [3.05, 3.63) is 42.1 Å². The number of benzene rings is 1. The van der Waals surface area contributed by atoms with Crippen LogP contribution in [-0.4, -0.2) is 48.1 Å². The van der Waals surface area contributed by atoms with Gasteiger partial charge in [0, 0.05) is 36.0 Å². The fourth-order valence-electron chi connectivity index (χ4n) is 3.84.